The lowest BCUT2D eigenvalue weighted by Gasteiger charge is -2.29. The minimum absolute atomic E-state index is 0.0706. The van der Waals surface area contributed by atoms with Gasteiger partial charge in [-0.15, -0.1) is 0 Å². The van der Waals surface area contributed by atoms with E-state index in [1.165, 1.54) is 22.3 Å². The SMILES string of the molecule is Cc1cc2c(cc1C)CN(c1ncc(C(=O)CCCCCCCC(=O)NO)cn1)CC2. The summed E-state index contributed by atoms with van der Waals surface area (Å²) in [6.45, 7) is 5.97. The topological polar surface area (TPSA) is 95.4 Å². The van der Waals surface area contributed by atoms with Gasteiger partial charge in [-0.05, 0) is 55.4 Å². The van der Waals surface area contributed by atoms with Crippen LogP contribution in [0.4, 0.5) is 5.95 Å². The zero-order chi connectivity index (χ0) is 22.2. The van der Waals surface area contributed by atoms with Crippen molar-refractivity contribution >= 4 is 17.6 Å². The van der Waals surface area contributed by atoms with Crippen molar-refractivity contribution in [1.29, 1.82) is 0 Å². The molecule has 1 amide bonds. The fourth-order valence-electron chi connectivity index (χ4n) is 3.96. The highest BCUT2D eigenvalue weighted by atomic mass is 16.5. The maximum atomic E-state index is 12.4. The number of anilines is 1. The molecular formula is C24H32N4O3. The molecule has 1 aromatic heterocycles. The van der Waals surface area contributed by atoms with Crippen LogP contribution in [0.5, 0.6) is 0 Å². The van der Waals surface area contributed by atoms with Crippen molar-refractivity contribution in [2.75, 3.05) is 11.4 Å². The van der Waals surface area contributed by atoms with Crippen LogP contribution in [0.2, 0.25) is 0 Å². The second kappa shape index (κ2) is 11.0. The fourth-order valence-corrected chi connectivity index (χ4v) is 3.96. The minimum Gasteiger partial charge on any atom is -0.336 e. The smallest absolute Gasteiger partial charge is 0.243 e. The van der Waals surface area contributed by atoms with E-state index < -0.39 is 0 Å². The predicted molar refractivity (Wildman–Crippen MR) is 119 cm³/mol. The number of aryl methyl sites for hydroxylation is 2. The second-order valence-electron chi connectivity index (χ2n) is 8.37. The van der Waals surface area contributed by atoms with E-state index in [0.29, 0.717) is 24.4 Å². The summed E-state index contributed by atoms with van der Waals surface area (Å²) >= 11 is 0. The number of carbonyl (C=O) groups excluding carboxylic acids is 2. The molecule has 7 nitrogen and oxygen atoms in total. The second-order valence-corrected chi connectivity index (χ2v) is 8.37. The Morgan fingerprint density at radius 3 is 2.26 bits per heavy atom. The van der Waals surface area contributed by atoms with Gasteiger partial charge in [0.05, 0.1) is 5.56 Å². The number of unbranched alkanes of at least 4 members (excludes halogenated alkanes) is 4. The van der Waals surface area contributed by atoms with E-state index in [-0.39, 0.29) is 11.7 Å². The lowest BCUT2D eigenvalue weighted by Crippen LogP contribution is -2.32. The summed E-state index contributed by atoms with van der Waals surface area (Å²) in [7, 11) is 0. The van der Waals surface area contributed by atoms with Crippen molar-refractivity contribution < 1.29 is 14.8 Å². The molecule has 2 heterocycles. The Kier molecular flexibility index (Phi) is 8.12. The normalized spacial score (nSPS) is 13.1. The molecule has 1 aromatic carbocycles. The van der Waals surface area contributed by atoms with Crippen LogP contribution in [0.1, 0.15) is 77.6 Å². The summed E-state index contributed by atoms with van der Waals surface area (Å²) in [6.07, 6.45) is 9.47. The van der Waals surface area contributed by atoms with E-state index in [4.69, 9.17) is 5.21 Å². The molecule has 7 heteroatoms. The van der Waals surface area contributed by atoms with E-state index >= 15 is 0 Å². The summed E-state index contributed by atoms with van der Waals surface area (Å²) in [4.78, 5) is 34.4. The summed E-state index contributed by atoms with van der Waals surface area (Å²) in [5.74, 6) is 0.395. The van der Waals surface area contributed by atoms with Crippen molar-refractivity contribution in [3.63, 3.8) is 0 Å². The first-order valence-corrected chi connectivity index (χ1v) is 11.1. The molecule has 0 saturated carbocycles. The lowest BCUT2D eigenvalue weighted by atomic mass is 9.95. The number of aromatic nitrogens is 2. The molecule has 0 bridgehead atoms. The van der Waals surface area contributed by atoms with Crippen LogP contribution in [0.3, 0.4) is 0 Å². The number of fused-ring (bicyclic) bond motifs is 1. The number of carbonyl (C=O) groups is 2. The van der Waals surface area contributed by atoms with E-state index in [0.717, 1.165) is 51.6 Å². The summed E-state index contributed by atoms with van der Waals surface area (Å²) < 4.78 is 0. The first-order valence-electron chi connectivity index (χ1n) is 11.1. The van der Waals surface area contributed by atoms with Gasteiger partial charge in [-0.2, -0.15) is 0 Å². The summed E-state index contributed by atoms with van der Waals surface area (Å²) in [5.41, 5.74) is 7.57. The van der Waals surface area contributed by atoms with Gasteiger partial charge in [0, 0.05) is 38.3 Å². The molecule has 166 valence electrons. The van der Waals surface area contributed by atoms with Gasteiger partial charge in [0.1, 0.15) is 0 Å². The van der Waals surface area contributed by atoms with Crippen LogP contribution in [0.15, 0.2) is 24.5 Å². The van der Waals surface area contributed by atoms with Crippen molar-refractivity contribution in [2.45, 2.75) is 71.8 Å². The Morgan fingerprint density at radius 1 is 0.968 bits per heavy atom. The van der Waals surface area contributed by atoms with Gasteiger partial charge < -0.3 is 4.90 Å². The molecule has 0 unspecified atom stereocenters. The number of hydrogen-bond acceptors (Lipinski definition) is 6. The van der Waals surface area contributed by atoms with Gasteiger partial charge in [-0.3, -0.25) is 14.8 Å². The van der Waals surface area contributed by atoms with E-state index in [2.05, 4.69) is 40.8 Å². The van der Waals surface area contributed by atoms with Crippen molar-refractivity contribution in [3.05, 3.63) is 52.3 Å². The number of ketones is 1. The highest BCUT2D eigenvalue weighted by Crippen LogP contribution is 2.25. The highest BCUT2D eigenvalue weighted by Gasteiger charge is 2.19. The van der Waals surface area contributed by atoms with Crippen LogP contribution in [0.25, 0.3) is 0 Å². The van der Waals surface area contributed by atoms with Gasteiger partial charge in [0.2, 0.25) is 11.9 Å². The van der Waals surface area contributed by atoms with Gasteiger partial charge in [0.25, 0.3) is 0 Å². The van der Waals surface area contributed by atoms with Gasteiger partial charge in [0.15, 0.2) is 5.78 Å². The summed E-state index contributed by atoms with van der Waals surface area (Å²) in [5, 5.41) is 8.44. The van der Waals surface area contributed by atoms with Gasteiger partial charge >= 0.3 is 0 Å². The first kappa shape index (κ1) is 22.9. The number of Topliss-reactive ketones (excluding diaryl/α,β-unsaturated/α-hetero) is 1. The van der Waals surface area contributed by atoms with E-state index in [9.17, 15) is 9.59 Å². The van der Waals surface area contributed by atoms with Crippen LogP contribution in [-0.2, 0) is 17.8 Å². The quantitative estimate of drug-likeness (QED) is 0.258. The number of hydroxylamine groups is 1. The van der Waals surface area contributed by atoms with Crippen molar-refractivity contribution in [2.24, 2.45) is 0 Å². The average Bonchev–Trinajstić information content (AvgIpc) is 2.78. The zero-order valence-electron chi connectivity index (χ0n) is 18.5. The lowest BCUT2D eigenvalue weighted by molar-refractivity contribution is -0.129. The average molecular weight is 425 g/mol. The number of nitrogens with one attached hydrogen (secondary N) is 1. The minimum atomic E-state index is -0.349. The van der Waals surface area contributed by atoms with Crippen LogP contribution in [0, 0.1) is 13.8 Å². The van der Waals surface area contributed by atoms with Crippen LogP contribution >= 0.6 is 0 Å². The number of nitrogens with zero attached hydrogens (tertiary/aromatic N) is 3. The number of rotatable bonds is 10. The third kappa shape index (κ3) is 6.34. The maximum absolute atomic E-state index is 12.4. The Labute approximate surface area is 183 Å². The largest absolute Gasteiger partial charge is 0.336 e. The highest BCUT2D eigenvalue weighted by molar-refractivity contribution is 5.95. The molecule has 0 atom stereocenters. The molecule has 2 aromatic rings. The number of benzene rings is 1. The van der Waals surface area contributed by atoms with Crippen LogP contribution in [-0.4, -0.2) is 33.4 Å². The predicted octanol–water partition coefficient (Wildman–Crippen LogP) is 4.07. The van der Waals surface area contributed by atoms with E-state index in [1.54, 1.807) is 17.9 Å². The molecule has 0 aliphatic carbocycles. The standard InChI is InChI=1S/C24H32N4O3/c1-17-12-19-10-11-28(16-20(19)13-18(17)2)24-25-14-21(15-26-24)22(29)8-6-4-3-5-7-9-23(30)27-31/h12-15,31H,3-11,16H2,1-2H3,(H,27,30). The number of hydrogen-bond donors (Lipinski definition) is 2. The molecule has 0 radical (unpaired) electrons. The Hall–Kier alpha value is -2.80. The zero-order valence-corrected chi connectivity index (χ0v) is 18.5. The van der Waals surface area contributed by atoms with Gasteiger partial charge in [-0.1, -0.05) is 31.4 Å². The molecule has 1 aliphatic rings. The fraction of sp³-hybridized carbons (Fsp3) is 0.500. The molecule has 0 fully saturated rings. The third-order valence-corrected chi connectivity index (χ3v) is 6.00. The molecule has 0 spiro atoms. The molecule has 31 heavy (non-hydrogen) atoms. The molecular weight excluding hydrogens is 392 g/mol. The Bertz CT molecular complexity index is 912. The van der Waals surface area contributed by atoms with Crippen molar-refractivity contribution in [1.82, 2.24) is 15.4 Å². The monoisotopic (exact) mass is 424 g/mol. The Balaban J connectivity index is 1.44. The molecule has 0 saturated heterocycles. The molecule has 1 aliphatic heterocycles. The first-order chi connectivity index (χ1) is 15.0. The Morgan fingerprint density at radius 2 is 1.58 bits per heavy atom. The summed E-state index contributed by atoms with van der Waals surface area (Å²) in [6, 6.07) is 4.55. The molecule has 3 rings (SSSR count). The van der Waals surface area contributed by atoms with E-state index in [1.807, 2.05) is 0 Å². The number of amides is 1. The van der Waals surface area contributed by atoms with Crippen LogP contribution < -0.4 is 10.4 Å². The maximum Gasteiger partial charge on any atom is 0.243 e. The van der Waals surface area contributed by atoms with Gasteiger partial charge in [-0.25, -0.2) is 15.4 Å². The van der Waals surface area contributed by atoms with Crippen molar-refractivity contribution in [3.8, 4) is 0 Å². The third-order valence-electron chi connectivity index (χ3n) is 6.00. The molecule has 2 N–H and O–H groups in total.